The maximum Gasteiger partial charge on any atom is 0.247 e. The summed E-state index contributed by atoms with van der Waals surface area (Å²) in [5, 5.41) is 9.05. The van der Waals surface area contributed by atoms with Crippen molar-refractivity contribution in [2.45, 2.75) is 38.9 Å². The Labute approximate surface area is 181 Å². The van der Waals surface area contributed by atoms with Crippen LogP contribution in [0.15, 0.2) is 42.5 Å². The summed E-state index contributed by atoms with van der Waals surface area (Å²) in [7, 11) is 0. The number of hydrogen-bond donors (Lipinski definition) is 3. The van der Waals surface area contributed by atoms with Gasteiger partial charge in [-0.2, -0.15) is 0 Å². The first-order chi connectivity index (χ1) is 14.0. The molecule has 2 heterocycles. The van der Waals surface area contributed by atoms with Gasteiger partial charge in [-0.25, -0.2) is 0 Å². The van der Waals surface area contributed by atoms with Crippen molar-refractivity contribution in [3.63, 3.8) is 0 Å². The molecular formula is C22H26ClN3O4. The summed E-state index contributed by atoms with van der Waals surface area (Å²) in [5.74, 6) is 0.754. The van der Waals surface area contributed by atoms with Crippen LogP contribution in [0.5, 0.6) is 11.5 Å². The summed E-state index contributed by atoms with van der Waals surface area (Å²) in [5.41, 5.74) is 2.97. The molecule has 160 valence electrons. The van der Waals surface area contributed by atoms with E-state index >= 15 is 0 Å². The highest BCUT2D eigenvalue weighted by Crippen LogP contribution is 2.34. The number of anilines is 1. The number of amides is 2. The Morgan fingerprint density at radius 3 is 2.57 bits per heavy atom. The molecule has 0 saturated carbocycles. The standard InChI is InChI=1S/C22H25N3O4.ClH/c1-13(2)20(22(27)24-16-7-8-18-19(10-16)29-12-28-18)25-21(26)17-9-14-5-3-4-6-15(14)11-23-17;/h3-8,10,13,17,20,23H,9,11-12H2,1-2H3,(H,24,27)(H,25,26);1H. The SMILES string of the molecule is CC(C)C(NC(=O)C1Cc2ccccc2CN1)C(=O)Nc1ccc2c(c1)OCO2.Cl. The third kappa shape index (κ3) is 4.68. The first-order valence-electron chi connectivity index (χ1n) is 9.82. The largest absolute Gasteiger partial charge is 0.454 e. The molecule has 2 atom stereocenters. The molecular weight excluding hydrogens is 406 g/mol. The van der Waals surface area contributed by atoms with Crippen molar-refractivity contribution in [3.05, 3.63) is 53.6 Å². The second kappa shape index (κ2) is 9.36. The molecule has 0 fully saturated rings. The Morgan fingerprint density at radius 1 is 1.07 bits per heavy atom. The fourth-order valence-electron chi connectivity index (χ4n) is 3.62. The molecule has 7 nitrogen and oxygen atoms in total. The number of rotatable bonds is 5. The van der Waals surface area contributed by atoms with Crippen LogP contribution >= 0.6 is 12.4 Å². The van der Waals surface area contributed by atoms with Gasteiger partial charge in [-0.3, -0.25) is 9.59 Å². The molecule has 2 amide bonds. The topological polar surface area (TPSA) is 88.7 Å². The number of fused-ring (bicyclic) bond motifs is 2. The van der Waals surface area contributed by atoms with Crippen LogP contribution in [0.4, 0.5) is 5.69 Å². The number of carbonyl (C=O) groups excluding carboxylic acids is 2. The van der Waals surface area contributed by atoms with E-state index in [1.54, 1.807) is 18.2 Å². The van der Waals surface area contributed by atoms with Gasteiger partial charge in [0.05, 0.1) is 6.04 Å². The van der Waals surface area contributed by atoms with Crippen LogP contribution in [-0.2, 0) is 22.6 Å². The van der Waals surface area contributed by atoms with Crippen molar-refractivity contribution in [2.24, 2.45) is 5.92 Å². The smallest absolute Gasteiger partial charge is 0.247 e. The maximum atomic E-state index is 12.9. The predicted octanol–water partition coefficient (Wildman–Crippen LogP) is 2.63. The molecule has 2 aromatic carbocycles. The minimum Gasteiger partial charge on any atom is -0.454 e. The van der Waals surface area contributed by atoms with E-state index in [1.807, 2.05) is 32.0 Å². The number of carbonyl (C=O) groups is 2. The molecule has 2 aliphatic heterocycles. The van der Waals surface area contributed by atoms with E-state index in [4.69, 9.17) is 9.47 Å². The van der Waals surface area contributed by atoms with E-state index in [1.165, 1.54) is 5.56 Å². The van der Waals surface area contributed by atoms with E-state index < -0.39 is 6.04 Å². The van der Waals surface area contributed by atoms with Gasteiger partial charge in [0.15, 0.2) is 11.5 Å². The molecule has 30 heavy (non-hydrogen) atoms. The molecule has 0 spiro atoms. The van der Waals surface area contributed by atoms with Crippen LogP contribution in [0.2, 0.25) is 0 Å². The maximum absolute atomic E-state index is 12.9. The molecule has 4 rings (SSSR count). The Balaban J connectivity index is 0.00000256. The van der Waals surface area contributed by atoms with Crippen molar-refractivity contribution < 1.29 is 19.1 Å². The normalized spacial score (nSPS) is 17.5. The number of benzene rings is 2. The number of halogens is 1. The Bertz CT molecular complexity index is 934. The minimum absolute atomic E-state index is 0. The summed E-state index contributed by atoms with van der Waals surface area (Å²) >= 11 is 0. The summed E-state index contributed by atoms with van der Waals surface area (Å²) in [4.78, 5) is 25.7. The van der Waals surface area contributed by atoms with Gasteiger partial charge in [0, 0.05) is 18.3 Å². The van der Waals surface area contributed by atoms with E-state index in [0.717, 1.165) is 5.56 Å². The Morgan fingerprint density at radius 2 is 1.80 bits per heavy atom. The van der Waals surface area contributed by atoms with Gasteiger partial charge in [-0.15, -0.1) is 12.4 Å². The van der Waals surface area contributed by atoms with Gasteiger partial charge in [0.1, 0.15) is 6.04 Å². The minimum atomic E-state index is -0.646. The monoisotopic (exact) mass is 431 g/mol. The van der Waals surface area contributed by atoms with Gasteiger partial charge < -0.3 is 25.4 Å². The Kier molecular flexibility index (Phi) is 6.84. The van der Waals surface area contributed by atoms with Crippen LogP contribution < -0.4 is 25.4 Å². The van der Waals surface area contributed by atoms with Crippen LogP contribution in [0.25, 0.3) is 0 Å². The van der Waals surface area contributed by atoms with Gasteiger partial charge >= 0.3 is 0 Å². The second-order valence-corrected chi connectivity index (χ2v) is 7.69. The average molecular weight is 432 g/mol. The lowest BCUT2D eigenvalue weighted by Gasteiger charge is -2.28. The van der Waals surface area contributed by atoms with Crippen molar-refractivity contribution in [2.75, 3.05) is 12.1 Å². The fourth-order valence-corrected chi connectivity index (χ4v) is 3.62. The molecule has 2 unspecified atom stereocenters. The zero-order valence-corrected chi connectivity index (χ0v) is 17.8. The lowest BCUT2D eigenvalue weighted by molar-refractivity contribution is -0.128. The van der Waals surface area contributed by atoms with Crippen LogP contribution in [-0.4, -0.2) is 30.7 Å². The molecule has 2 aromatic rings. The van der Waals surface area contributed by atoms with Crippen molar-refractivity contribution in [1.29, 1.82) is 0 Å². The number of ether oxygens (including phenoxy) is 2. The summed E-state index contributed by atoms with van der Waals surface area (Å²) in [6.45, 7) is 4.64. The predicted molar refractivity (Wildman–Crippen MR) is 116 cm³/mol. The lowest BCUT2D eigenvalue weighted by atomic mass is 9.94. The van der Waals surface area contributed by atoms with Gasteiger partial charge in [0.25, 0.3) is 0 Å². The second-order valence-electron chi connectivity index (χ2n) is 7.69. The van der Waals surface area contributed by atoms with Crippen LogP contribution in [0.3, 0.4) is 0 Å². The van der Waals surface area contributed by atoms with Crippen molar-refractivity contribution >= 4 is 29.9 Å². The highest BCUT2D eigenvalue weighted by molar-refractivity contribution is 5.98. The quantitative estimate of drug-likeness (QED) is 0.677. The average Bonchev–Trinajstić information content (AvgIpc) is 3.19. The summed E-state index contributed by atoms with van der Waals surface area (Å²) < 4.78 is 10.6. The van der Waals surface area contributed by atoms with Crippen LogP contribution in [0, 0.1) is 5.92 Å². The van der Waals surface area contributed by atoms with Crippen LogP contribution in [0.1, 0.15) is 25.0 Å². The molecule has 0 aliphatic carbocycles. The zero-order valence-electron chi connectivity index (χ0n) is 16.9. The first-order valence-corrected chi connectivity index (χ1v) is 9.82. The van der Waals surface area contributed by atoms with Crippen molar-refractivity contribution in [3.8, 4) is 11.5 Å². The molecule has 8 heteroatoms. The number of hydrogen-bond acceptors (Lipinski definition) is 5. The van der Waals surface area contributed by atoms with Gasteiger partial charge in [-0.1, -0.05) is 38.1 Å². The number of nitrogens with one attached hydrogen (secondary N) is 3. The highest BCUT2D eigenvalue weighted by atomic mass is 35.5. The first kappa shape index (κ1) is 21.9. The molecule has 0 radical (unpaired) electrons. The Hall–Kier alpha value is -2.77. The molecule has 0 bridgehead atoms. The third-order valence-electron chi connectivity index (χ3n) is 5.28. The summed E-state index contributed by atoms with van der Waals surface area (Å²) in [6.07, 6.45) is 0.608. The van der Waals surface area contributed by atoms with E-state index in [2.05, 4.69) is 22.0 Å². The fraction of sp³-hybridized carbons (Fsp3) is 0.364. The van der Waals surface area contributed by atoms with E-state index in [0.29, 0.717) is 30.2 Å². The van der Waals surface area contributed by atoms with E-state index in [9.17, 15) is 9.59 Å². The summed E-state index contributed by atoms with van der Waals surface area (Å²) in [6, 6.07) is 12.3. The molecule has 3 N–H and O–H groups in total. The molecule has 2 aliphatic rings. The molecule has 0 saturated heterocycles. The molecule has 0 aromatic heterocycles. The third-order valence-corrected chi connectivity index (χ3v) is 5.28. The van der Waals surface area contributed by atoms with Gasteiger partial charge in [-0.05, 0) is 35.6 Å². The zero-order chi connectivity index (χ0) is 20.4. The van der Waals surface area contributed by atoms with Crippen molar-refractivity contribution in [1.82, 2.24) is 10.6 Å². The highest BCUT2D eigenvalue weighted by Gasteiger charge is 2.30. The lowest BCUT2D eigenvalue weighted by Crippen LogP contribution is -2.54. The van der Waals surface area contributed by atoms with Gasteiger partial charge in [0.2, 0.25) is 18.6 Å². The van der Waals surface area contributed by atoms with E-state index in [-0.39, 0.29) is 43.0 Å².